The van der Waals surface area contributed by atoms with Gasteiger partial charge >= 0.3 is 0 Å². The fourth-order valence-electron chi connectivity index (χ4n) is 1.54. The molecule has 2 aromatic rings. The maximum Gasteiger partial charge on any atom is 0.260 e. The Labute approximate surface area is 104 Å². The Morgan fingerprint density at radius 1 is 1.44 bits per heavy atom. The zero-order chi connectivity index (χ0) is 13.3. The maximum atomic E-state index is 12.0. The van der Waals surface area contributed by atoms with Crippen LogP contribution in [-0.4, -0.2) is 21.2 Å². The summed E-state index contributed by atoms with van der Waals surface area (Å²) in [6.07, 6.45) is 0. The summed E-state index contributed by atoms with van der Waals surface area (Å²) in [4.78, 5) is 12.0. The molecule has 0 saturated carbocycles. The van der Waals surface area contributed by atoms with Crippen molar-refractivity contribution in [2.45, 2.75) is 13.8 Å². The third-order valence-corrected chi connectivity index (χ3v) is 2.62. The number of aryl methyl sites for hydroxylation is 2. The van der Waals surface area contributed by atoms with Crippen molar-refractivity contribution in [3.63, 3.8) is 0 Å². The maximum absolute atomic E-state index is 12.0. The van der Waals surface area contributed by atoms with Gasteiger partial charge in [-0.05, 0) is 26.0 Å². The number of hydrogen-bond acceptors (Lipinski definition) is 4. The highest BCUT2D eigenvalue weighted by Crippen LogP contribution is 2.22. The van der Waals surface area contributed by atoms with Crippen molar-refractivity contribution in [1.29, 1.82) is 0 Å². The van der Waals surface area contributed by atoms with E-state index in [4.69, 9.17) is 5.73 Å². The number of H-pyrrole nitrogens is 1. The van der Waals surface area contributed by atoms with Gasteiger partial charge in [0.25, 0.3) is 5.91 Å². The third kappa shape index (κ3) is 2.13. The Morgan fingerprint density at radius 3 is 2.78 bits per heavy atom. The summed E-state index contributed by atoms with van der Waals surface area (Å²) >= 11 is 0. The lowest BCUT2D eigenvalue weighted by Gasteiger charge is -2.06. The largest absolute Gasteiger partial charge is 0.507 e. The van der Waals surface area contributed by atoms with Crippen LogP contribution >= 0.6 is 0 Å². The molecule has 0 aliphatic rings. The molecule has 5 N–H and O–H groups in total. The lowest BCUT2D eigenvalue weighted by Crippen LogP contribution is -2.13. The van der Waals surface area contributed by atoms with Crippen molar-refractivity contribution in [1.82, 2.24) is 10.2 Å². The molecule has 6 heteroatoms. The number of amides is 1. The van der Waals surface area contributed by atoms with E-state index >= 15 is 0 Å². The molecule has 94 valence electrons. The summed E-state index contributed by atoms with van der Waals surface area (Å²) in [6, 6.07) is 4.79. The number of benzene rings is 1. The predicted octanol–water partition coefficient (Wildman–Crippen LogP) is 1.57. The highest BCUT2D eigenvalue weighted by molar-refractivity contribution is 6.07. The highest BCUT2D eigenvalue weighted by atomic mass is 16.3. The van der Waals surface area contributed by atoms with Gasteiger partial charge in [-0.25, -0.2) is 0 Å². The quantitative estimate of drug-likeness (QED) is 0.645. The van der Waals surface area contributed by atoms with Gasteiger partial charge < -0.3 is 16.2 Å². The highest BCUT2D eigenvalue weighted by Gasteiger charge is 2.15. The van der Waals surface area contributed by atoms with Gasteiger partial charge in [0, 0.05) is 0 Å². The van der Waals surface area contributed by atoms with Crippen LogP contribution in [0.4, 0.5) is 11.5 Å². The van der Waals surface area contributed by atoms with Gasteiger partial charge in [0.1, 0.15) is 5.75 Å². The summed E-state index contributed by atoms with van der Waals surface area (Å²) in [7, 11) is 0. The van der Waals surface area contributed by atoms with Crippen molar-refractivity contribution < 1.29 is 9.90 Å². The normalized spacial score (nSPS) is 10.3. The molecule has 0 bridgehead atoms. The Bertz CT molecular complexity index is 604. The molecule has 1 amide bonds. The number of carbonyl (C=O) groups excluding carboxylic acids is 1. The number of nitrogens with zero attached hydrogens (tertiary/aromatic N) is 1. The number of carbonyl (C=O) groups is 1. The minimum absolute atomic E-state index is 0.0797. The van der Waals surface area contributed by atoms with Crippen LogP contribution in [-0.2, 0) is 0 Å². The van der Waals surface area contributed by atoms with Crippen LogP contribution in [0.2, 0.25) is 0 Å². The molecule has 1 aromatic carbocycles. The van der Waals surface area contributed by atoms with Crippen molar-refractivity contribution >= 4 is 17.4 Å². The van der Waals surface area contributed by atoms with Gasteiger partial charge in [-0.3, -0.25) is 9.89 Å². The Morgan fingerprint density at radius 2 is 2.17 bits per heavy atom. The standard InChI is InChI=1S/C12H14N4O2/c1-6-3-4-9(17)8(5-6)12(18)14-11-10(13)7(2)15-16-11/h3-5,17H,13H2,1-2H3,(H2,14,15,16,18). The van der Waals surface area contributed by atoms with E-state index < -0.39 is 5.91 Å². The molecule has 0 spiro atoms. The number of nitrogen functional groups attached to an aromatic ring is 1. The van der Waals surface area contributed by atoms with Crippen LogP contribution < -0.4 is 11.1 Å². The number of phenolic OH excluding ortho intramolecular Hbond substituents is 1. The molecule has 0 unspecified atom stereocenters. The number of aromatic nitrogens is 2. The second-order valence-corrected chi connectivity index (χ2v) is 4.09. The van der Waals surface area contributed by atoms with Crippen LogP contribution in [0.5, 0.6) is 5.75 Å². The first-order valence-corrected chi connectivity index (χ1v) is 5.40. The fraction of sp³-hybridized carbons (Fsp3) is 0.167. The molecule has 6 nitrogen and oxygen atoms in total. The average Bonchev–Trinajstić information content (AvgIpc) is 2.64. The molecular formula is C12H14N4O2. The first kappa shape index (κ1) is 12.0. The number of aromatic hydroxyl groups is 1. The predicted molar refractivity (Wildman–Crippen MR) is 68.5 cm³/mol. The Balaban J connectivity index is 2.27. The molecule has 0 aliphatic heterocycles. The number of hydrogen-bond donors (Lipinski definition) is 4. The van der Waals surface area contributed by atoms with Gasteiger partial charge in [0.15, 0.2) is 5.82 Å². The average molecular weight is 246 g/mol. The summed E-state index contributed by atoms with van der Waals surface area (Å²) in [6.45, 7) is 3.59. The van der Waals surface area contributed by atoms with Gasteiger partial charge in [0.2, 0.25) is 0 Å². The molecule has 1 heterocycles. The molecule has 1 aromatic heterocycles. The molecular weight excluding hydrogens is 232 g/mol. The van der Waals surface area contributed by atoms with Crippen molar-refractivity contribution in [2.24, 2.45) is 0 Å². The summed E-state index contributed by atoms with van der Waals surface area (Å²) in [5.74, 6) is -0.267. The topological polar surface area (TPSA) is 104 Å². The smallest absolute Gasteiger partial charge is 0.260 e. The zero-order valence-electron chi connectivity index (χ0n) is 10.1. The van der Waals surface area contributed by atoms with Crippen molar-refractivity contribution in [2.75, 3.05) is 11.1 Å². The number of anilines is 2. The summed E-state index contributed by atoms with van der Waals surface area (Å²) in [5, 5.41) is 18.7. The van der Waals surface area contributed by atoms with Crippen LogP contribution in [0.3, 0.4) is 0 Å². The van der Waals surface area contributed by atoms with E-state index in [1.54, 1.807) is 19.1 Å². The van der Waals surface area contributed by atoms with Crippen LogP contribution in [0.1, 0.15) is 21.6 Å². The zero-order valence-corrected chi connectivity index (χ0v) is 10.1. The molecule has 0 fully saturated rings. The van der Waals surface area contributed by atoms with E-state index in [9.17, 15) is 9.90 Å². The Hall–Kier alpha value is -2.50. The van der Waals surface area contributed by atoms with Gasteiger partial charge in [-0.15, -0.1) is 0 Å². The third-order valence-electron chi connectivity index (χ3n) is 2.62. The number of aromatic amines is 1. The second-order valence-electron chi connectivity index (χ2n) is 4.09. The van der Waals surface area contributed by atoms with E-state index in [1.807, 2.05) is 6.92 Å². The molecule has 0 saturated heterocycles. The number of rotatable bonds is 2. The lowest BCUT2D eigenvalue weighted by atomic mass is 10.1. The number of nitrogens with one attached hydrogen (secondary N) is 2. The minimum Gasteiger partial charge on any atom is -0.507 e. The SMILES string of the molecule is Cc1ccc(O)c(C(=O)Nc2n[nH]c(C)c2N)c1. The summed E-state index contributed by atoms with van der Waals surface area (Å²) in [5.41, 5.74) is 7.86. The molecule has 0 aliphatic carbocycles. The minimum atomic E-state index is -0.450. The van der Waals surface area contributed by atoms with Gasteiger partial charge in [-0.2, -0.15) is 5.10 Å². The lowest BCUT2D eigenvalue weighted by molar-refractivity contribution is 0.102. The second kappa shape index (κ2) is 4.40. The molecule has 2 rings (SSSR count). The first-order chi connectivity index (χ1) is 8.49. The van der Waals surface area contributed by atoms with Gasteiger partial charge in [0.05, 0.1) is 16.9 Å². The van der Waals surface area contributed by atoms with Gasteiger partial charge in [-0.1, -0.05) is 11.6 Å². The number of nitrogens with two attached hydrogens (primary N) is 1. The van der Waals surface area contributed by atoms with E-state index in [2.05, 4.69) is 15.5 Å². The van der Waals surface area contributed by atoms with E-state index in [0.717, 1.165) is 5.56 Å². The van der Waals surface area contributed by atoms with Crippen LogP contribution in [0, 0.1) is 13.8 Å². The van der Waals surface area contributed by atoms with E-state index in [0.29, 0.717) is 11.4 Å². The molecule has 18 heavy (non-hydrogen) atoms. The van der Waals surface area contributed by atoms with E-state index in [-0.39, 0.29) is 17.1 Å². The van der Waals surface area contributed by atoms with E-state index in [1.165, 1.54) is 6.07 Å². The van der Waals surface area contributed by atoms with Crippen LogP contribution in [0.25, 0.3) is 0 Å². The molecule has 0 radical (unpaired) electrons. The van der Waals surface area contributed by atoms with Crippen molar-refractivity contribution in [3.05, 3.63) is 35.0 Å². The summed E-state index contributed by atoms with van der Waals surface area (Å²) < 4.78 is 0. The monoisotopic (exact) mass is 246 g/mol. The van der Waals surface area contributed by atoms with Crippen molar-refractivity contribution in [3.8, 4) is 5.75 Å². The van der Waals surface area contributed by atoms with Crippen LogP contribution in [0.15, 0.2) is 18.2 Å². The Kier molecular flexibility index (Phi) is 2.93. The first-order valence-electron chi connectivity index (χ1n) is 5.40. The molecule has 0 atom stereocenters. The number of phenols is 1. The fourth-order valence-corrected chi connectivity index (χ4v) is 1.54.